The van der Waals surface area contributed by atoms with Gasteiger partial charge in [0.1, 0.15) is 5.82 Å². The molecule has 2 aromatic heterocycles. The van der Waals surface area contributed by atoms with Gasteiger partial charge in [-0.15, -0.1) is 11.3 Å². The van der Waals surface area contributed by atoms with Crippen molar-refractivity contribution in [1.29, 1.82) is 0 Å². The Labute approximate surface area is 168 Å². The first-order chi connectivity index (χ1) is 13.0. The molecule has 0 N–H and O–H groups in total. The van der Waals surface area contributed by atoms with Gasteiger partial charge in [-0.3, -0.25) is 4.90 Å². The zero-order chi connectivity index (χ0) is 18.6. The van der Waals surface area contributed by atoms with E-state index in [0.717, 1.165) is 17.1 Å². The van der Waals surface area contributed by atoms with Crippen LogP contribution in [0.3, 0.4) is 0 Å². The Kier molecular flexibility index (Phi) is 4.53. The molecule has 0 amide bonds. The van der Waals surface area contributed by atoms with Crippen molar-refractivity contribution < 1.29 is 8.42 Å². The molecule has 1 unspecified atom stereocenters. The molecule has 3 heterocycles. The normalized spacial score (nSPS) is 24.7. The fraction of sp³-hybridized carbons (Fsp3) is 0.667. The van der Waals surface area contributed by atoms with Crippen LogP contribution >= 0.6 is 23.6 Å². The van der Waals surface area contributed by atoms with Gasteiger partial charge in [0.15, 0.2) is 14.6 Å². The number of hydrogen-bond donors (Lipinski definition) is 0. The first kappa shape index (κ1) is 18.0. The van der Waals surface area contributed by atoms with Gasteiger partial charge in [0.05, 0.1) is 18.2 Å². The summed E-state index contributed by atoms with van der Waals surface area (Å²) in [5, 5.41) is 6.96. The van der Waals surface area contributed by atoms with Crippen LogP contribution in [0.5, 0.6) is 0 Å². The summed E-state index contributed by atoms with van der Waals surface area (Å²) in [7, 11) is -2.93. The lowest BCUT2D eigenvalue weighted by atomic mass is 10.2. The van der Waals surface area contributed by atoms with Gasteiger partial charge in [0, 0.05) is 29.4 Å². The Morgan fingerprint density at radius 3 is 2.67 bits per heavy atom. The molecule has 1 aliphatic heterocycles. The molecular weight excluding hydrogens is 400 g/mol. The van der Waals surface area contributed by atoms with Crippen molar-refractivity contribution in [2.45, 2.75) is 63.3 Å². The Bertz CT molecular complexity index is 984. The average Bonchev–Trinajstić information content (AvgIpc) is 3.53. The third-order valence-corrected chi connectivity index (χ3v) is 8.75. The summed E-state index contributed by atoms with van der Waals surface area (Å²) in [4.78, 5) is 3.50. The molecule has 3 fully saturated rings. The molecule has 0 radical (unpaired) electrons. The minimum absolute atomic E-state index is 0.0365. The largest absolute Gasteiger partial charge is 0.301 e. The molecule has 0 aromatic carbocycles. The summed E-state index contributed by atoms with van der Waals surface area (Å²) >= 11 is 7.49. The highest BCUT2D eigenvalue weighted by atomic mass is 32.2. The van der Waals surface area contributed by atoms with Crippen LogP contribution in [0.2, 0.25) is 0 Å². The molecule has 0 bridgehead atoms. The van der Waals surface area contributed by atoms with E-state index in [0.29, 0.717) is 25.0 Å². The van der Waals surface area contributed by atoms with Crippen molar-refractivity contribution in [2.24, 2.45) is 0 Å². The maximum absolute atomic E-state index is 12.0. The van der Waals surface area contributed by atoms with Gasteiger partial charge in [0.25, 0.3) is 0 Å². The first-order valence-electron chi connectivity index (χ1n) is 9.66. The van der Waals surface area contributed by atoms with E-state index >= 15 is 0 Å². The molecule has 2 aromatic rings. The summed E-state index contributed by atoms with van der Waals surface area (Å²) in [6, 6.07) is 4.72. The Balaban J connectivity index is 1.44. The molecule has 0 spiro atoms. The Morgan fingerprint density at radius 2 is 2.07 bits per heavy atom. The fourth-order valence-corrected chi connectivity index (χ4v) is 6.79. The van der Waals surface area contributed by atoms with Crippen LogP contribution in [-0.2, 0) is 23.1 Å². The van der Waals surface area contributed by atoms with Crippen LogP contribution in [0.4, 0.5) is 0 Å². The van der Waals surface area contributed by atoms with Crippen molar-refractivity contribution >= 4 is 33.4 Å². The lowest BCUT2D eigenvalue weighted by molar-refractivity contribution is 0.147. The highest BCUT2D eigenvalue weighted by Gasteiger charge is 2.37. The maximum Gasteiger partial charge on any atom is 0.199 e. The van der Waals surface area contributed by atoms with Gasteiger partial charge in [0.2, 0.25) is 0 Å². The van der Waals surface area contributed by atoms with Crippen molar-refractivity contribution in [3.63, 3.8) is 0 Å². The number of nitrogens with zero attached hydrogens (tertiary/aromatic N) is 4. The number of hydrogen-bond acceptors (Lipinski definition) is 6. The monoisotopic (exact) mass is 424 g/mol. The van der Waals surface area contributed by atoms with E-state index in [1.807, 2.05) is 10.7 Å². The van der Waals surface area contributed by atoms with Crippen LogP contribution in [0.15, 0.2) is 17.5 Å². The van der Waals surface area contributed by atoms with Gasteiger partial charge in [-0.2, -0.15) is 5.10 Å². The van der Waals surface area contributed by atoms with E-state index in [9.17, 15) is 8.42 Å². The SMILES string of the molecule is O=S1(=O)CCC(N(Cc2cccs2)Cn2nc(C3CC3)n(C3CC3)c2=S)C1. The quantitative estimate of drug-likeness (QED) is 0.638. The molecule has 2 saturated carbocycles. The predicted molar refractivity (Wildman–Crippen MR) is 108 cm³/mol. The van der Waals surface area contributed by atoms with Gasteiger partial charge >= 0.3 is 0 Å². The highest BCUT2D eigenvalue weighted by molar-refractivity contribution is 7.91. The average molecular weight is 425 g/mol. The number of rotatable bonds is 7. The summed E-state index contributed by atoms with van der Waals surface area (Å²) in [5.41, 5.74) is 0. The molecule has 27 heavy (non-hydrogen) atoms. The molecule has 146 valence electrons. The van der Waals surface area contributed by atoms with Crippen molar-refractivity contribution in [3.05, 3.63) is 33.0 Å². The van der Waals surface area contributed by atoms with E-state index < -0.39 is 9.84 Å². The fourth-order valence-electron chi connectivity index (χ4n) is 3.96. The molecule has 1 atom stereocenters. The molecule has 9 heteroatoms. The molecular formula is C18H24N4O2S3. The van der Waals surface area contributed by atoms with Gasteiger partial charge < -0.3 is 4.57 Å². The van der Waals surface area contributed by atoms with Crippen LogP contribution in [0.25, 0.3) is 0 Å². The third-order valence-electron chi connectivity index (χ3n) is 5.73. The molecule has 6 nitrogen and oxygen atoms in total. The number of thiophene rings is 1. The summed E-state index contributed by atoms with van der Waals surface area (Å²) in [6.45, 7) is 1.31. The lowest BCUT2D eigenvalue weighted by Gasteiger charge is -2.27. The number of aromatic nitrogens is 3. The van der Waals surface area contributed by atoms with Gasteiger partial charge in [-0.1, -0.05) is 6.07 Å². The summed E-state index contributed by atoms with van der Waals surface area (Å²) in [5.74, 6) is 2.24. The van der Waals surface area contributed by atoms with Crippen molar-refractivity contribution in [2.75, 3.05) is 11.5 Å². The van der Waals surface area contributed by atoms with Crippen LogP contribution in [0, 0.1) is 4.77 Å². The minimum atomic E-state index is -2.93. The van der Waals surface area contributed by atoms with Crippen LogP contribution < -0.4 is 0 Å². The molecule has 2 aliphatic carbocycles. The molecule has 1 saturated heterocycles. The molecule has 5 rings (SSSR count). The lowest BCUT2D eigenvalue weighted by Crippen LogP contribution is -2.37. The van der Waals surface area contributed by atoms with Gasteiger partial charge in [-0.05, 0) is 55.8 Å². The summed E-state index contributed by atoms with van der Waals surface area (Å²) in [6.07, 6.45) is 5.50. The topological polar surface area (TPSA) is 60.1 Å². The number of sulfone groups is 1. The predicted octanol–water partition coefficient (Wildman–Crippen LogP) is 3.33. The maximum atomic E-state index is 12.0. The van der Waals surface area contributed by atoms with E-state index in [2.05, 4.69) is 20.9 Å². The standard InChI is InChI=1S/C18H24N4O2S3/c23-27(24)9-7-15(11-27)20(10-16-2-1-8-26-16)12-21-18(25)22(14-5-6-14)17(19-21)13-3-4-13/h1-2,8,13-15H,3-7,9-12H2. The Hall–Kier alpha value is -1.03. The van der Waals surface area contributed by atoms with Gasteiger partial charge in [-0.25, -0.2) is 13.1 Å². The third kappa shape index (κ3) is 3.79. The highest BCUT2D eigenvalue weighted by Crippen LogP contribution is 2.44. The smallest absolute Gasteiger partial charge is 0.199 e. The second kappa shape index (κ2) is 6.79. The second-order valence-electron chi connectivity index (χ2n) is 8.04. The first-order valence-corrected chi connectivity index (χ1v) is 12.8. The van der Waals surface area contributed by atoms with E-state index in [-0.39, 0.29) is 17.5 Å². The van der Waals surface area contributed by atoms with Crippen LogP contribution in [0.1, 0.15) is 54.8 Å². The van der Waals surface area contributed by atoms with E-state index in [1.54, 1.807) is 11.3 Å². The zero-order valence-corrected chi connectivity index (χ0v) is 17.6. The van der Waals surface area contributed by atoms with Crippen molar-refractivity contribution in [1.82, 2.24) is 19.2 Å². The zero-order valence-electron chi connectivity index (χ0n) is 15.2. The molecule has 3 aliphatic rings. The van der Waals surface area contributed by atoms with E-state index in [4.69, 9.17) is 17.3 Å². The van der Waals surface area contributed by atoms with E-state index in [1.165, 1.54) is 30.6 Å². The Morgan fingerprint density at radius 1 is 1.26 bits per heavy atom. The second-order valence-corrected chi connectivity index (χ2v) is 11.7. The van der Waals surface area contributed by atoms with Crippen LogP contribution in [-0.4, -0.2) is 45.2 Å². The van der Waals surface area contributed by atoms with Crippen molar-refractivity contribution in [3.8, 4) is 0 Å². The summed E-state index contributed by atoms with van der Waals surface area (Å²) < 4.78 is 29.1. The minimum Gasteiger partial charge on any atom is -0.301 e.